The van der Waals surface area contributed by atoms with Crippen molar-refractivity contribution >= 4 is 0 Å². The van der Waals surface area contributed by atoms with Gasteiger partial charge in [0.1, 0.15) is 6.10 Å². The van der Waals surface area contributed by atoms with E-state index in [0.717, 1.165) is 25.9 Å². The van der Waals surface area contributed by atoms with Crippen LogP contribution in [0.2, 0.25) is 0 Å². The van der Waals surface area contributed by atoms with Crippen LogP contribution in [0.25, 0.3) is 0 Å². The molecule has 0 amide bonds. The lowest BCUT2D eigenvalue weighted by atomic mass is 9.74. The Morgan fingerprint density at radius 2 is 1.96 bits per heavy atom. The summed E-state index contributed by atoms with van der Waals surface area (Å²) in [6.07, 6.45) is 6.68. The Morgan fingerprint density at radius 1 is 1.17 bits per heavy atom. The molecular formula is C19H33NO3. The molecule has 0 spiro atoms. The van der Waals surface area contributed by atoms with E-state index >= 15 is 0 Å². The number of aliphatic hydroxyl groups is 1. The summed E-state index contributed by atoms with van der Waals surface area (Å²) in [5.74, 6) is 1.58. The fourth-order valence-corrected chi connectivity index (χ4v) is 4.94. The number of piperidine rings is 2. The van der Waals surface area contributed by atoms with E-state index in [9.17, 15) is 5.11 Å². The minimum Gasteiger partial charge on any atom is -0.393 e. The first-order chi connectivity index (χ1) is 11.0. The molecule has 3 rings (SSSR count). The normalized spacial score (nSPS) is 41.9. The fourth-order valence-electron chi connectivity index (χ4n) is 4.94. The Morgan fingerprint density at radius 3 is 2.61 bits per heavy atom. The van der Waals surface area contributed by atoms with Crippen LogP contribution in [0.5, 0.6) is 0 Å². The molecule has 0 saturated carbocycles. The van der Waals surface area contributed by atoms with E-state index in [1.54, 1.807) is 14.2 Å². The van der Waals surface area contributed by atoms with Crippen LogP contribution in [0.3, 0.4) is 0 Å². The van der Waals surface area contributed by atoms with Gasteiger partial charge in [-0.15, -0.1) is 0 Å². The molecule has 0 aromatic carbocycles. The SMILES string of the molecule is COC1C=C2C(CCC1OC)CCN1CC(C(C)C)C(O)CC21. The summed E-state index contributed by atoms with van der Waals surface area (Å²) in [6, 6.07) is 0.395. The summed E-state index contributed by atoms with van der Waals surface area (Å²) in [4.78, 5) is 2.61. The number of nitrogens with zero attached hydrogens (tertiary/aromatic N) is 1. The Kier molecular flexibility index (Phi) is 5.46. The predicted octanol–water partition coefficient (Wildman–Crippen LogP) is 2.46. The van der Waals surface area contributed by atoms with Crippen LogP contribution < -0.4 is 0 Å². The summed E-state index contributed by atoms with van der Waals surface area (Å²) in [5, 5.41) is 10.7. The lowest BCUT2D eigenvalue weighted by molar-refractivity contribution is -0.0276. The molecule has 2 heterocycles. The van der Waals surface area contributed by atoms with Crippen molar-refractivity contribution in [2.24, 2.45) is 17.8 Å². The second kappa shape index (κ2) is 7.22. The number of aliphatic hydroxyl groups excluding tert-OH is 1. The highest BCUT2D eigenvalue weighted by molar-refractivity contribution is 5.23. The second-order valence-electron chi connectivity index (χ2n) is 7.93. The third-order valence-electron chi connectivity index (χ3n) is 6.42. The summed E-state index contributed by atoms with van der Waals surface area (Å²) in [5.41, 5.74) is 1.50. The van der Waals surface area contributed by atoms with Crippen molar-refractivity contribution in [1.82, 2.24) is 4.90 Å². The highest BCUT2D eigenvalue weighted by Gasteiger charge is 2.43. The van der Waals surface area contributed by atoms with Crippen LogP contribution in [-0.4, -0.2) is 61.7 Å². The van der Waals surface area contributed by atoms with Gasteiger partial charge in [-0.1, -0.05) is 25.5 Å². The molecule has 2 fully saturated rings. The molecule has 6 atom stereocenters. The third-order valence-corrected chi connectivity index (χ3v) is 6.42. The van der Waals surface area contributed by atoms with Crippen molar-refractivity contribution in [1.29, 1.82) is 0 Å². The summed E-state index contributed by atoms with van der Waals surface area (Å²) in [6.45, 7) is 6.66. The van der Waals surface area contributed by atoms with Crippen molar-refractivity contribution in [3.8, 4) is 0 Å². The van der Waals surface area contributed by atoms with E-state index in [-0.39, 0.29) is 18.3 Å². The van der Waals surface area contributed by atoms with Gasteiger partial charge in [0.25, 0.3) is 0 Å². The molecule has 2 aliphatic heterocycles. The molecule has 0 radical (unpaired) electrons. The zero-order chi connectivity index (χ0) is 16.6. The molecular weight excluding hydrogens is 290 g/mol. The Labute approximate surface area is 140 Å². The molecule has 0 bridgehead atoms. The second-order valence-corrected chi connectivity index (χ2v) is 7.93. The largest absolute Gasteiger partial charge is 0.393 e. The van der Waals surface area contributed by atoms with Gasteiger partial charge in [-0.05, 0) is 50.0 Å². The maximum atomic E-state index is 10.7. The summed E-state index contributed by atoms with van der Waals surface area (Å²) < 4.78 is 11.4. The molecule has 2 saturated heterocycles. The van der Waals surface area contributed by atoms with Crippen LogP contribution in [0, 0.1) is 17.8 Å². The van der Waals surface area contributed by atoms with Crippen LogP contribution in [0.4, 0.5) is 0 Å². The number of hydrogen-bond acceptors (Lipinski definition) is 4. The van der Waals surface area contributed by atoms with Crippen molar-refractivity contribution in [3.63, 3.8) is 0 Å². The molecule has 1 N–H and O–H groups in total. The maximum absolute atomic E-state index is 10.7. The van der Waals surface area contributed by atoms with Gasteiger partial charge in [-0.3, -0.25) is 4.90 Å². The average Bonchev–Trinajstić information content (AvgIpc) is 2.72. The number of methoxy groups -OCH3 is 2. The van der Waals surface area contributed by atoms with Gasteiger partial charge in [-0.25, -0.2) is 0 Å². The van der Waals surface area contributed by atoms with Crippen LogP contribution in [-0.2, 0) is 9.47 Å². The molecule has 0 aromatic heterocycles. The van der Waals surface area contributed by atoms with Crippen LogP contribution in [0.15, 0.2) is 11.6 Å². The number of ether oxygens (including phenoxy) is 2. The molecule has 3 aliphatic rings. The van der Waals surface area contributed by atoms with Gasteiger partial charge >= 0.3 is 0 Å². The summed E-state index contributed by atoms with van der Waals surface area (Å²) in [7, 11) is 3.56. The molecule has 6 unspecified atom stereocenters. The van der Waals surface area contributed by atoms with Gasteiger partial charge in [0.15, 0.2) is 0 Å². The Hall–Kier alpha value is -0.420. The smallest absolute Gasteiger partial charge is 0.102 e. The predicted molar refractivity (Wildman–Crippen MR) is 91.3 cm³/mol. The first-order valence-corrected chi connectivity index (χ1v) is 9.24. The van der Waals surface area contributed by atoms with Crippen molar-refractivity contribution in [2.45, 2.75) is 63.9 Å². The topological polar surface area (TPSA) is 41.9 Å². The lowest BCUT2D eigenvalue weighted by Crippen LogP contribution is -2.55. The molecule has 23 heavy (non-hydrogen) atoms. The Bertz CT molecular complexity index is 436. The quantitative estimate of drug-likeness (QED) is 0.810. The molecule has 4 nitrogen and oxygen atoms in total. The molecule has 132 valence electrons. The zero-order valence-corrected chi connectivity index (χ0v) is 15.1. The van der Waals surface area contributed by atoms with Gasteiger partial charge < -0.3 is 14.6 Å². The van der Waals surface area contributed by atoms with E-state index in [0.29, 0.717) is 23.8 Å². The number of fused-ring (bicyclic) bond motifs is 3. The zero-order valence-electron chi connectivity index (χ0n) is 15.1. The lowest BCUT2D eigenvalue weighted by Gasteiger charge is -2.49. The minimum atomic E-state index is -0.182. The molecule has 0 aromatic rings. The van der Waals surface area contributed by atoms with Gasteiger partial charge in [0, 0.05) is 26.8 Å². The number of hydrogen-bond donors (Lipinski definition) is 1. The molecule has 1 aliphatic carbocycles. The van der Waals surface area contributed by atoms with E-state index < -0.39 is 0 Å². The van der Waals surface area contributed by atoms with Crippen molar-refractivity contribution in [2.75, 3.05) is 27.3 Å². The van der Waals surface area contributed by atoms with Gasteiger partial charge in [0.2, 0.25) is 0 Å². The van der Waals surface area contributed by atoms with Crippen molar-refractivity contribution in [3.05, 3.63) is 11.6 Å². The van der Waals surface area contributed by atoms with Gasteiger partial charge in [0.05, 0.1) is 12.2 Å². The standard InChI is InChI=1S/C19H33NO3/c1-12(2)15-11-20-8-7-13-5-6-18(22-3)19(23-4)9-14(13)16(20)10-17(15)21/h9,12-13,15-19,21H,5-8,10-11H2,1-4H3. The van der Waals surface area contributed by atoms with E-state index in [1.165, 1.54) is 18.4 Å². The van der Waals surface area contributed by atoms with Gasteiger partial charge in [-0.2, -0.15) is 0 Å². The Balaban J connectivity index is 1.84. The highest BCUT2D eigenvalue weighted by Crippen LogP contribution is 2.41. The first kappa shape index (κ1) is 17.4. The van der Waals surface area contributed by atoms with E-state index in [4.69, 9.17) is 9.47 Å². The first-order valence-electron chi connectivity index (χ1n) is 9.24. The fraction of sp³-hybridized carbons (Fsp3) is 0.895. The van der Waals surface area contributed by atoms with E-state index in [2.05, 4.69) is 24.8 Å². The van der Waals surface area contributed by atoms with Crippen LogP contribution >= 0.6 is 0 Å². The minimum absolute atomic E-state index is 0.0416. The van der Waals surface area contributed by atoms with Crippen molar-refractivity contribution < 1.29 is 14.6 Å². The monoisotopic (exact) mass is 323 g/mol. The third kappa shape index (κ3) is 3.37. The summed E-state index contributed by atoms with van der Waals surface area (Å²) >= 11 is 0. The average molecular weight is 323 g/mol. The highest BCUT2D eigenvalue weighted by atomic mass is 16.5. The number of rotatable bonds is 3. The van der Waals surface area contributed by atoms with E-state index in [1.807, 2.05) is 0 Å². The molecule has 4 heteroatoms. The maximum Gasteiger partial charge on any atom is 0.102 e. The van der Waals surface area contributed by atoms with Crippen LogP contribution in [0.1, 0.15) is 39.5 Å².